The summed E-state index contributed by atoms with van der Waals surface area (Å²) in [6.45, 7) is 5.21. The average molecular weight is 279 g/mol. The summed E-state index contributed by atoms with van der Waals surface area (Å²) in [4.78, 5) is 2.48. The maximum absolute atomic E-state index is 5.76. The molecule has 0 unspecified atom stereocenters. The van der Waals surface area contributed by atoms with Crippen LogP contribution in [-0.2, 0) is 6.42 Å². The van der Waals surface area contributed by atoms with E-state index >= 15 is 0 Å². The molecule has 1 fully saturated rings. The van der Waals surface area contributed by atoms with Crippen molar-refractivity contribution in [1.29, 1.82) is 0 Å². The van der Waals surface area contributed by atoms with Crippen molar-refractivity contribution in [1.82, 2.24) is 9.91 Å². The molecule has 0 atom stereocenters. The molecular formula is C15H25N3O2. The van der Waals surface area contributed by atoms with E-state index in [-0.39, 0.29) is 0 Å². The Kier molecular flexibility index (Phi) is 5.64. The van der Waals surface area contributed by atoms with Crippen molar-refractivity contribution in [3.63, 3.8) is 0 Å². The minimum atomic E-state index is 0.787. The summed E-state index contributed by atoms with van der Waals surface area (Å²) in [5.41, 5.74) is 1.29. The van der Waals surface area contributed by atoms with Gasteiger partial charge in [0.05, 0.1) is 14.2 Å². The maximum Gasteiger partial charge on any atom is 0.160 e. The minimum Gasteiger partial charge on any atom is -0.493 e. The van der Waals surface area contributed by atoms with Crippen LogP contribution >= 0.6 is 0 Å². The van der Waals surface area contributed by atoms with Gasteiger partial charge in [-0.3, -0.25) is 5.84 Å². The zero-order valence-electron chi connectivity index (χ0n) is 12.5. The van der Waals surface area contributed by atoms with E-state index in [9.17, 15) is 0 Å². The van der Waals surface area contributed by atoms with Gasteiger partial charge in [-0.1, -0.05) is 6.07 Å². The molecule has 0 saturated carbocycles. The number of hydrogen-bond donors (Lipinski definition) is 1. The zero-order chi connectivity index (χ0) is 14.4. The Hall–Kier alpha value is -1.30. The van der Waals surface area contributed by atoms with Crippen LogP contribution in [0.5, 0.6) is 11.5 Å². The van der Waals surface area contributed by atoms with E-state index in [0.29, 0.717) is 0 Å². The molecule has 1 aromatic rings. The Balaban J connectivity index is 1.79. The summed E-state index contributed by atoms with van der Waals surface area (Å²) in [5.74, 6) is 7.35. The quantitative estimate of drug-likeness (QED) is 0.791. The molecule has 0 spiro atoms. The molecule has 1 heterocycles. The number of piperazine rings is 1. The van der Waals surface area contributed by atoms with E-state index < -0.39 is 0 Å². The number of rotatable bonds is 6. The maximum atomic E-state index is 5.76. The molecule has 2 N–H and O–H groups in total. The third kappa shape index (κ3) is 4.10. The molecule has 1 saturated heterocycles. The molecule has 2 rings (SSSR count). The highest BCUT2D eigenvalue weighted by molar-refractivity contribution is 5.42. The van der Waals surface area contributed by atoms with Crippen molar-refractivity contribution in [2.75, 3.05) is 46.9 Å². The first-order valence-corrected chi connectivity index (χ1v) is 7.16. The summed E-state index contributed by atoms with van der Waals surface area (Å²) in [5, 5.41) is 1.89. The Bertz CT molecular complexity index is 418. The van der Waals surface area contributed by atoms with Crippen LogP contribution in [0.25, 0.3) is 0 Å². The summed E-state index contributed by atoms with van der Waals surface area (Å²) < 4.78 is 10.6. The van der Waals surface area contributed by atoms with Gasteiger partial charge in [-0.15, -0.1) is 0 Å². The number of methoxy groups -OCH3 is 2. The predicted molar refractivity (Wildman–Crippen MR) is 80.1 cm³/mol. The van der Waals surface area contributed by atoms with Crippen molar-refractivity contribution in [3.05, 3.63) is 23.8 Å². The van der Waals surface area contributed by atoms with Gasteiger partial charge in [0.1, 0.15) is 0 Å². The van der Waals surface area contributed by atoms with Gasteiger partial charge in [-0.25, -0.2) is 5.01 Å². The number of ether oxygens (including phenoxy) is 2. The molecule has 0 aromatic heterocycles. The second-order valence-electron chi connectivity index (χ2n) is 5.17. The zero-order valence-corrected chi connectivity index (χ0v) is 12.5. The van der Waals surface area contributed by atoms with E-state index in [4.69, 9.17) is 15.3 Å². The van der Waals surface area contributed by atoms with E-state index in [1.165, 1.54) is 5.56 Å². The Morgan fingerprint density at radius 1 is 1.05 bits per heavy atom. The largest absolute Gasteiger partial charge is 0.493 e. The van der Waals surface area contributed by atoms with Crippen LogP contribution in [-0.4, -0.2) is 56.9 Å². The van der Waals surface area contributed by atoms with Crippen molar-refractivity contribution in [3.8, 4) is 11.5 Å². The number of aryl methyl sites for hydroxylation is 1. The van der Waals surface area contributed by atoms with Gasteiger partial charge in [0.15, 0.2) is 11.5 Å². The van der Waals surface area contributed by atoms with Gasteiger partial charge < -0.3 is 14.4 Å². The minimum absolute atomic E-state index is 0.787. The van der Waals surface area contributed by atoms with Crippen LogP contribution < -0.4 is 15.3 Å². The SMILES string of the molecule is COc1ccc(CCCN2CCN(N)CC2)cc1OC. The van der Waals surface area contributed by atoms with Crippen molar-refractivity contribution >= 4 is 0 Å². The third-order valence-electron chi connectivity index (χ3n) is 3.79. The first-order chi connectivity index (χ1) is 9.72. The van der Waals surface area contributed by atoms with Gasteiger partial charge in [0, 0.05) is 26.2 Å². The molecular weight excluding hydrogens is 254 g/mol. The molecule has 1 aromatic carbocycles. The fourth-order valence-electron chi connectivity index (χ4n) is 2.53. The highest BCUT2D eigenvalue weighted by Crippen LogP contribution is 2.27. The van der Waals surface area contributed by atoms with Crippen molar-refractivity contribution in [2.24, 2.45) is 5.84 Å². The lowest BCUT2D eigenvalue weighted by atomic mass is 10.1. The van der Waals surface area contributed by atoms with Gasteiger partial charge in [-0.2, -0.15) is 0 Å². The van der Waals surface area contributed by atoms with Crippen LogP contribution in [0.15, 0.2) is 18.2 Å². The lowest BCUT2D eigenvalue weighted by Gasteiger charge is -2.31. The lowest BCUT2D eigenvalue weighted by molar-refractivity contribution is 0.133. The van der Waals surface area contributed by atoms with Crippen LogP contribution in [0.1, 0.15) is 12.0 Å². The summed E-state index contributed by atoms with van der Waals surface area (Å²) in [6, 6.07) is 6.15. The number of nitrogens with zero attached hydrogens (tertiary/aromatic N) is 2. The molecule has 112 valence electrons. The molecule has 1 aliphatic heterocycles. The predicted octanol–water partition coefficient (Wildman–Crippen LogP) is 1.13. The Labute approximate surface area is 121 Å². The smallest absolute Gasteiger partial charge is 0.160 e. The first-order valence-electron chi connectivity index (χ1n) is 7.16. The normalized spacial score (nSPS) is 17.1. The molecule has 20 heavy (non-hydrogen) atoms. The fraction of sp³-hybridized carbons (Fsp3) is 0.600. The fourth-order valence-corrected chi connectivity index (χ4v) is 2.53. The Morgan fingerprint density at radius 3 is 2.40 bits per heavy atom. The second-order valence-corrected chi connectivity index (χ2v) is 5.17. The highest BCUT2D eigenvalue weighted by Gasteiger charge is 2.13. The van der Waals surface area contributed by atoms with E-state index in [2.05, 4.69) is 17.0 Å². The van der Waals surface area contributed by atoms with Crippen LogP contribution in [0.2, 0.25) is 0 Å². The molecule has 0 bridgehead atoms. The molecule has 5 heteroatoms. The third-order valence-corrected chi connectivity index (χ3v) is 3.79. The van der Waals surface area contributed by atoms with Gasteiger partial charge in [0.2, 0.25) is 0 Å². The van der Waals surface area contributed by atoms with Crippen LogP contribution in [0, 0.1) is 0 Å². The number of nitrogens with two attached hydrogens (primary N) is 1. The molecule has 5 nitrogen and oxygen atoms in total. The lowest BCUT2D eigenvalue weighted by Crippen LogP contribution is -2.49. The Morgan fingerprint density at radius 2 is 1.75 bits per heavy atom. The van der Waals surface area contributed by atoms with Crippen molar-refractivity contribution < 1.29 is 9.47 Å². The molecule has 1 aliphatic rings. The highest BCUT2D eigenvalue weighted by atomic mass is 16.5. The summed E-state index contributed by atoms with van der Waals surface area (Å²) in [7, 11) is 3.34. The van der Waals surface area contributed by atoms with Gasteiger partial charge in [-0.05, 0) is 37.1 Å². The van der Waals surface area contributed by atoms with Crippen LogP contribution in [0.3, 0.4) is 0 Å². The topological polar surface area (TPSA) is 51.0 Å². The van der Waals surface area contributed by atoms with E-state index in [1.54, 1.807) is 14.2 Å². The van der Waals surface area contributed by atoms with E-state index in [0.717, 1.165) is 57.1 Å². The van der Waals surface area contributed by atoms with E-state index in [1.807, 2.05) is 11.1 Å². The second kappa shape index (κ2) is 7.47. The van der Waals surface area contributed by atoms with Gasteiger partial charge in [0.25, 0.3) is 0 Å². The molecule has 0 aliphatic carbocycles. The number of hydrazine groups is 1. The first kappa shape index (κ1) is 15.1. The number of hydrogen-bond acceptors (Lipinski definition) is 5. The number of benzene rings is 1. The average Bonchev–Trinajstić information content (AvgIpc) is 2.49. The molecule has 0 radical (unpaired) electrons. The van der Waals surface area contributed by atoms with Crippen LogP contribution in [0.4, 0.5) is 0 Å². The summed E-state index contributed by atoms with van der Waals surface area (Å²) >= 11 is 0. The van der Waals surface area contributed by atoms with Crippen molar-refractivity contribution in [2.45, 2.75) is 12.8 Å². The monoisotopic (exact) mass is 279 g/mol. The van der Waals surface area contributed by atoms with Gasteiger partial charge >= 0.3 is 0 Å². The molecule has 0 amide bonds. The summed E-state index contributed by atoms with van der Waals surface area (Å²) in [6.07, 6.45) is 2.21. The standard InChI is InChI=1S/C15H25N3O2/c1-19-14-6-5-13(12-15(14)20-2)4-3-7-17-8-10-18(16)11-9-17/h5-6,12H,3-4,7-11,16H2,1-2H3.